The summed E-state index contributed by atoms with van der Waals surface area (Å²) in [5, 5.41) is 15.6. The van der Waals surface area contributed by atoms with E-state index < -0.39 is 36.7 Å². The lowest BCUT2D eigenvalue weighted by molar-refractivity contribution is -0.440. The van der Waals surface area contributed by atoms with Crippen LogP contribution in [-0.2, 0) is 0 Å². The molecule has 0 spiro atoms. The van der Waals surface area contributed by atoms with Crippen LogP contribution in [-0.4, -0.2) is 34.0 Å². The molecule has 104 valence electrons. The first kappa shape index (κ1) is 16.4. The second kappa shape index (κ2) is 4.60. The summed E-state index contributed by atoms with van der Waals surface area (Å²) >= 11 is 0. The largest absolute Gasteiger partial charge is 0.399 e. The SMILES string of the molecule is CCCCC(F)(F)C(F)(F)C(F)(F)C(O)(O)F. The molecule has 17 heavy (non-hydrogen) atoms. The monoisotopic (exact) mass is 272 g/mol. The molecule has 0 aromatic carbocycles. The lowest BCUT2D eigenvalue weighted by Crippen LogP contribution is -2.63. The topological polar surface area (TPSA) is 40.5 Å². The van der Waals surface area contributed by atoms with Crippen LogP contribution in [0.5, 0.6) is 0 Å². The lowest BCUT2D eigenvalue weighted by Gasteiger charge is -2.35. The average molecular weight is 272 g/mol. The van der Waals surface area contributed by atoms with Crippen LogP contribution in [0.1, 0.15) is 26.2 Å². The lowest BCUT2D eigenvalue weighted by atomic mass is 9.98. The maximum Gasteiger partial charge on any atom is 0.399 e. The third kappa shape index (κ3) is 2.82. The van der Waals surface area contributed by atoms with Gasteiger partial charge in [-0.1, -0.05) is 13.3 Å². The van der Waals surface area contributed by atoms with E-state index in [1.54, 1.807) is 0 Å². The third-order valence-corrected chi connectivity index (χ3v) is 2.10. The fraction of sp³-hybridized carbons (Fsp3) is 1.00. The highest BCUT2D eigenvalue weighted by Gasteiger charge is 2.79. The van der Waals surface area contributed by atoms with Crippen molar-refractivity contribution >= 4 is 0 Å². The Labute approximate surface area is 92.0 Å². The highest BCUT2D eigenvalue weighted by molar-refractivity contribution is 4.99. The molecule has 0 heterocycles. The van der Waals surface area contributed by atoms with Gasteiger partial charge in [0, 0.05) is 6.42 Å². The summed E-state index contributed by atoms with van der Waals surface area (Å²) in [6, 6.07) is -5.73. The van der Waals surface area contributed by atoms with E-state index >= 15 is 0 Å². The highest BCUT2D eigenvalue weighted by Crippen LogP contribution is 2.51. The molecule has 0 bridgehead atoms. The second-order valence-electron chi connectivity index (χ2n) is 3.54. The Morgan fingerprint density at radius 2 is 1.24 bits per heavy atom. The molecule has 0 saturated carbocycles. The minimum Gasteiger partial charge on any atom is -0.335 e. The smallest absolute Gasteiger partial charge is 0.335 e. The Morgan fingerprint density at radius 3 is 1.53 bits per heavy atom. The minimum atomic E-state index is -6.32. The van der Waals surface area contributed by atoms with E-state index in [0.29, 0.717) is 0 Å². The summed E-state index contributed by atoms with van der Waals surface area (Å²) in [5.74, 6) is -17.8. The Balaban J connectivity index is 5.24. The molecule has 2 N–H and O–H groups in total. The fourth-order valence-electron chi connectivity index (χ4n) is 0.985. The predicted octanol–water partition coefficient (Wildman–Crippen LogP) is 2.69. The summed E-state index contributed by atoms with van der Waals surface area (Å²) in [6.45, 7) is 1.35. The Kier molecular flexibility index (Phi) is 4.45. The van der Waals surface area contributed by atoms with Gasteiger partial charge in [0.25, 0.3) is 0 Å². The minimum absolute atomic E-state index is 0.0241. The molecular weight excluding hydrogens is 261 g/mol. The van der Waals surface area contributed by atoms with Gasteiger partial charge in [-0.25, -0.2) is 0 Å². The van der Waals surface area contributed by atoms with E-state index in [9.17, 15) is 30.7 Å². The van der Waals surface area contributed by atoms with E-state index in [-0.39, 0.29) is 6.42 Å². The number of aliphatic hydroxyl groups is 2. The molecule has 0 radical (unpaired) electrons. The van der Waals surface area contributed by atoms with Gasteiger partial charge in [-0.15, -0.1) is 0 Å². The molecule has 9 heteroatoms. The number of hydrogen-bond acceptors (Lipinski definition) is 2. The molecule has 0 aliphatic heterocycles. The molecule has 0 aliphatic carbocycles. The van der Waals surface area contributed by atoms with Crippen LogP contribution in [0.2, 0.25) is 0 Å². The molecule has 0 unspecified atom stereocenters. The molecule has 0 aromatic heterocycles. The molecular formula is C8H11F7O2. The van der Waals surface area contributed by atoms with E-state index in [0.717, 1.165) is 0 Å². The van der Waals surface area contributed by atoms with Gasteiger partial charge in [0.15, 0.2) is 0 Å². The summed E-state index contributed by atoms with van der Waals surface area (Å²) in [4.78, 5) is 0. The quantitative estimate of drug-likeness (QED) is 0.576. The zero-order valence-electron chi connectivity index (χ0n) is 8.66. The van der Waals surface area contributed by atoms with Crippen LogP contribution >= 0.6 is 0 Å². The van der Waals surface area contributed by atoms with Crippen LogP contribution in [0.3, 0.4) is 0 Å². The molecule has 0 fully saturated rings. The van der Waals surface area contributed by atoms with Gasteiger partial charge in [0.05, 0.1) is 0 Å². The van der Waals surface area contributed by atoms with Crippen molar-refractivity contribution < 1.29 is 40.9 Å². The first-order chi connectivity index (χ1) is 7.31. The van der Waals surface area contributed by atoms with E-state index in [1.165, 1.54) is 6.92 Å². The van der Waals surface area contributed by atoms with E-state index in [1.807, 2.05) is 0 Å². The maximum absolute atomic E-state index is 12.8. The van der Waals surface area contributed by atoms with Crippen molar-refractivity contribution in [1.29, 1.82) is 0 Å². The van der Waals surface area contributed by atoms with Gasteiger partial charge in [0.1, 0.15) is 0 Å². The first-order valence-electron chi connectivity index (χ1n) is 4.58. The van der Waals surface area contributed by atoms with Crippen molar-refractivity contribution in [3.05, 3.63) is 0 Å². The van der Waals surface area contributed by atoms with Crippen molar-refractivity contribution in [1.82, 2.24) is 0 Å². The third-order valence-electron chi connectivity index (χ3n) is 2.10. The zero-order valence-corrected chi connectivity index (χ0v) is 8.66. The van der Waals surface area contributed by atoms with E-state index in [2.05, 4.69) is 0 Å². The van der Waals surface area contributed by atoms with Gasteiger partial charge >= 0.3 is 23.8 Å². The molecule has 0 atom stereocenters. The first-order valence-corrected chi connectivity index (χ1v) is 4.58. The summed E-state index contributed by atoms with van der Waals surface area (Å²) < 4.78 is 88.2. The summed E-state index contributed by atoms with van der Waals surface area (Å²) in [6.07, 6.45) is -2.10. The van der Waals surface area contributed by atoms with Gasteiger partial charge in [-0.2, -0.15) is 30.7 Å². The molecule has 0 saturated heterocycles. The average Bonchev–Trinajstić information content (AvgIpc) is 2.12. The van der Waals surface area contributed by atoms with Crippen molar-refractivity contribution in [2.75, 3.05) is 0 Å². The second-order valence-corrected chi connectivity index (χ2v) is 3.54. The van der Waals surface area contributed by atoms with Crippen molar-refractivity contribution in [2.24, 2.45) is 0 Å². The summed E-state index contributed by atoms with van der Waals surface area (Å²) in [5.41, 5.74) is 0. The van der Waals surface area contributed by atoms with Crippen LogP contribution in [0.25, 0.3) is 0 Å². The Hall–Kier alpha value is -0.570. The van der Waals surface area contributed by atoms with Gasteiger partial charge in [-0.05, 0) is 6.42 Å². The van der Waals surface area contributed by atoms with Gasteiger partial charge < -0.3 is 10.2 Å². The maximum atomic E-state index is 12.8. The number of unbranched alkanes of at least 4 members (excludes halogenated alkanes) is 1. The van der Waals surface area contributed by atoms with Gasteiger partial charge in [0.2, 0.25) is 0 Å². The van der Waals surface area contributed by atoms with Gasteiger partial charge in [-0.3, -0.25) is 0 Å². The normalized spacial score (nSPS) is 15.2. The van der Waals surface area contributed by atoms with Crippen molar-refractivity contribution in [3.8, 4) is 0 Å². The number of halogens is 7. The molecule has 2 nitrogen and oxygen atoms in total. The molecule has 0 amide bonds. The molecule has 0 rings (SSSR count). The predicted molar refractivity (Wildman–Crippen MR) is 42.6 cm³/mol. The fourth-order valence-corrected chi connectivity index (χ4v) is 0.985. The molecule has 0 aromatic rings. The highest BCUT2D eigenvalue weighted by atomic mass is 19.3. The standard InChI is InChI=1S/C8H11F7O2/c1-2-3-4-5(9,10)6(11,12)7(13,14)8(15,16)17/h16-17H,2-4H2,1H3. The van der Waals surface area contributed by atoms with Crippen LogP contribution < -0.4 is 0 Å². The van der Waals surface area contributed by atoms with Crippen LogP contribution in [0, 0.1) is 0 Å². The number of rotatable bonds is 6. The Bertz CT molecular complexity index is 259. The van der Waals surface area contributed by atoms with Crippen LogP contribution in [0.15, 0.2) is 0 Å². The van der Waals surface area contributed by atoms with Crippen molar-refractivity contribution in [2.45, 2.75) is 50.0 Å². The molecule has 0 aliphatic rings. The Morgan fingerprint density at radius 1 is 0.824 bits per heavy atom. The van der Waals surface area contributed by atoms with Crippen LogP contribution in [0.4, 0.5) is 30.7 Å². The zero-order chi connectivity index (χ0) is 14.1. The number of alkyl halides is 7. The number of hydrogen-bond donors (Lipinski definition) is 2. The van der Waals surface area contributed by atoms with Crippen molar-refractivity contribution in [3.63, 3.8) is 0 Å². The van der Waals surface area contributed by atoms with E-state index in [4.69, 9.17) is 10.2 Å². The summed E-state index contributed by atoms with van der Waals surface area (Å²) in [7, 11) is 0.